The van der Waals surface area contributed by atoms with Crippen LogP contribution in [0.1, 0.15) is 21.0 Å². The Kier molecular flexibility index (Phi) is 4.20. The number of pyridine rings is 1. The van der Waals surface area contributed by atoms with Crippen LogP contribution in [0.25, 0.3) is 0 Å². The number of rotatable bonds is 4. The van der Waals surface area contributed by atoms with Gasteiger partial charge in [-0.1, -0.05) is 12.1 Å². The molecule has 0 aromatic carbocycles. The van der Waals surface area contributed by atoms with Gasteiger partial charge in [0, 0.05) is 6.54 Å². The molecule has 1 heterocycles. The Morgan fingerprint density at radius 2 is 2.19 bits per heavy atom. The molecule has 1 N–H and O–H groups in total. The van der Waals surface area contributed by atoms with Crippen LogP contribution in [0.15, 0.2) is 30.9 Å². The van der Waals surface area contributed by atoms with Crippen molar-refractivity contribution in [1.82, 2.24) is 10.3 Å². The molecule has 1 amide bonds. The first-order valence-electron chi connectivity index (χ1n) is 4.63. The highest BCUT2D eigenvalue weighted by Gasteiger charge is 2.11. The fraction of sp³-hybridized carbons (Fsp3) is 0.182. The van der Waals surface area contributed by atoms with Gasteiger partial charge in [-0.05, 0) is 12.1 Å². The summed E-state index contributed by atoms with van der Waals surface area (Å²) in [6.07, 6.45) is 1.56. The molecule has 0 spiro atoms. The van der Waals surface area contributed by atoms with E-state index in [-0.39, 0.29) is 17.3 Å². The van der Waals surface area contributed by atoms with Crippen LogP contribution in [0.3, 0.4) is 0 Å². The standard InChI is InChI=1S/C11H12N2O3/c1-3-7-12-10(14)8-5-4-6-9(13-8)11(15)16-2/h3-6H,1,7H2,2H3,(H,12,14). The van der Waals surface area contributed by atoms with E-state index < -0.39 is 5.97 Å². The second-order valence-electron chi connectivity index (χ2n) is 2.90. The third-order valence-corrected chi connectivity index (χ3v) is 1.78. The van der Waals surface area contributed by atoms with Crippen LogP contribution >= 0.6 is 0 Å². The fourth-order valence-corrected chi connectivity index (χ4v) is 1.03. The van der Waals surface area contributed by atoms with Crippen LogP contribution in [0, 0.1) is 0 Å². The number of nitrogens with one attached hydrogen (secondary N) is 1. The van der Waals surface area contributed by atoms with Gasteiger partial charge in [0.05, 0.1) is 7.11 Å². The van der Waals surface area contributed by atoms with E-state index in [9.17, 15) is 9.59 Å². The number of aromatic nitrogens is 1. The molecular formula is C11H12N2O3. The van der Waals surface area contributed by atoms with E-state index in [1.165, 1.54) is 19.2 Å². The molecule has 84 valence electrons. The SMILES string of the molecule is C=CCNC(=O)c1cccc(C(=O)OC)n1. The van der Waals surface area contributed by atoms with Crippen LogP contribution in [-0.2, 0) is 4.74 Å². The average molecular weight is 220 g/mol. The number of methoxy groups -OCH3 is 1. The van der Waals surface area contributed by atoms with Gasteiger partial charge in [0.1, 0.15) is 11.4 Å². The van der Waals surface area contributed by atoms with E-state index in [1.807, 2.05) is 0 Å². The van der Waals surface area contributed by atoms with Crippen molar-refractivity contribution in [2.45, 2.75) is 0 Å². The number of carbonyl (C=O) groups excluding carboxylic acids is 2. The topological polar surface area (TPSA) is 68.3 Å². The third-order valence-electron chi connectivity index (χ3n) is 1.78. The number of nitrogens with zero attached hydrogens (tertiary/aromatic N) is 1. The first-order chi connectivity index (χ1) is 7.69. The van der Waals surface area contributed by atoms with Gasteiger partial charge in [-0.3, -0.25) is 4.79 Å². The van der Waals surface area contributed by atoms with Gasteiger partial charge in [-0.25, -0.2) is 9.78 Å². The summed E-state index contributed by atoms with van der Waals surface area (Å²) in [5.74, 6) is -0.927. The molecule has 0 aliphatic carbocycles. The first kappa shape index (κ1) is 11.9. The highest BCUT2D eigenvalue weighted by atomic mass is 16.5. The molecule has 16 heavy (non-hydrogen) atoms. The minimum Gasteiger partial charge on any atom is -0.464 e. The first-order valence-corrected chi connectivity index (χ1v) is 4.63. The minimum absolute atomic E-state index is 0.105. The molecule has 5 heteroatoms. The van der Waals surface area contributed by atoms with Gasteiger partial charge in [0.15, 0.2) is 0 Å². The maximum atomic E-state index is 11.5. The number of hydrogen-bond donors (Lipinski definition) is 1. The van der Waals surface area contributed by atoms with Crippen molar-refractivity contribution in [3.8, 4) is 0 Å². The van der Waals surface area contributed by atoms with Gasteiger partial charge in [0.25, 0.3) is 5.91 Å². The molecule has 0 atom stereocenters. The number of amides is 1. The number of hydrogen-bond acceptors (Lipinski definition) is 4. The molecule has 0 saturated carbocycles. The molecule has 0 aliphatic rings. The van der Waals surface area contributed by atoms with Crippen molar-refractivity contribution < 1.29 is 14.3 Å². The Hall–Kier alpha value is -2.17. The normalized spacial score (nSPS) is 9.31. The van der Waals surface area contributed by atoms with Gasteiger partial charge < -0.3 is 10.1 Å². The second-order valence-corrected chi connectivity index (χ2v) is 2.90. The Morgan fingerprint density at radius 3 is 2.81 bits per heavy atom. The summed E-state index contributed by atoms with van der Waals surface area (Å²) in [6, 6.07) is 4.57. The third kappa shape index (κ3) is 2.91. The van der Waals surface area contributed by atoms with Crippen molar-refractivity contribution in [2.24, 2.45) is 0 Å². The van der Waals surface area contributed by atoms with Gasteiger partial charge in [-0.2, -0.15) is 0 Å². The van der Waals surface area contributed by atoms with Crippen molar-refractivity contribution in [1.29, 1.82) is 0 Å². The van der Waals surface area contributed by atoms with E-state index >= 15 is 0 Å². The Labute approximate surface area is 93.1 Å². The molecule has 0 aliphatic heterocycles. The lowest BCUT2D eigenvalue weighted by Crippen LogP contribution is -2.24. The molecule has 1 aromatic heterocycles. The highest BCUT2D eigenvalue weighted by Crippen LogP contribution is 2.01. The summed E-state index contributed by atoms with van der Waals surface area (Å²) in [5.41, 5.74) is 0.276. The highest BCUT2D eigenvalue weighted by molar-refractivity contribution is 5.94. The molecule has 0 bridgehead atoms. The zero-order chi connectivity index (χ0) is 12.0. The van der Waals surface area contributed by atoms with Crippen molar-refractivity contribution in [3.05, 3.63) is 42.2 Å². The van der Waals surface area contributed by atoms with E-state index in [1.54, 1.807) is 12.1 Å². The Morgan fingerprint density at radius 1 is 1.50 bits per heavy atom. The van der Waals surface area contributed by atoms with Gasteiger partial charge in [0.2, 0.25) is 0 Å². The molecule has 0 saturated heterocycles. The molecule has 1 aromatic rings. The van der Waals surface area contributed by atoms with E-state index in [2.05, 4.69) is 21.6 Å². The second kappa shape index (κ2) is 5.65. The monoisotopic (exact) mass is 220 g/mol. The molecule has 1 rings (SSSR count). The summed E-state index contributed by atoms with van der Waals surface area (Å²) in [4.78, 5) is 26.5. The largest absolute Gasteiger partial charge is 0.464 e. The molecule has 0 unspecified atom stereocenters. The van der Waals surface area contributed by atoms with Crippen LogP contribution < -0.4 is 5.32 Å². The summed E-state index contributed by atoms with van der Waals surface area (Å²) in [7, 11) is 1.26. The van der Waals surface area contributed by atoms with Crippen LogP contribution in [0.5, 0.6) is 0 Å². The van der Waals surface area contributed by atoms with Gasteiger partial charge >= 0.3 is 5.97 Å². The average Bonchev–Trinajstić information content (AvgIpc) is 2.35. The minimum atomic E-state index is -0.571. The van der Waals surface area contributed by atoms with Crippen LogP contribution in [0.2, 0.25) is 0 Å². The number of ether oxygens (including phenoxy) is 1. The quantitative estimate of drug-likeness (QED) is 0.601. The maximum absolute atomic E-state index is 11.5. The van der Waals surface area contributed by atoms with E-state index in [0.717, 1.165) is 0 Å². The smallest absolute Gasteiger partial charge is 0.356 e. The van der Waals surface area contributed by atoms with Crippen LogP contribution in [0.4, 0.5) is 0 Å². The summed E-state index contributed by atoms with van der Waals surface area (Å²) in [5, 5.41) is 2.56. The summed E-state index contributed by atoms with van der Waals surface area (Å²) in [6.45, 7) is 3.83. The van der Waals surface area contributed by atoms with Crippen molar-refractivity contribution in [2.75, 3.05) is 13.7 Å². The zero-order valence-electron chi connectivity index (χ0n) is 8.90. The lowest BCUT2D eigenvalue weighted by atomic mass is 10.3. The fourth-order valence-electron chi connectivity index (χ4n) is 1.03. The Bertz CT molecular complexity index is 415. The lowest BCUT2D eigenvalue weighted by Gasteiger charge is -2.03. The summed E-state index contributed by atoms with van der Waals surface area (Å²) >= 11 is 0. The number of esters is 1. The predicted molar refractivity (Wildman–Crippen MR) is 58.1 cm³/mol. The predicted octanol–water partition coefficient (Wildman–Crippen LogP) is 0.784. The molecule has 0 radical (unpaired) electrons. The van der Waals surface area contributed by atoms with E-state index in [0.29, 0.717) is 6.54 Å². The molecule has 0 fully saturated rings. The van der Waals surface area contributed by atoms with Crippen LogP contribution in [-0.4, -0.2) is 30.5 Å². The van der Waals surface area contributed by atoms with E-state index in [4.69, 9.17) is 0 Å². The lowest BCUT2D eigenvalue weighted by molar-refractivity contribution is 0.0594. The summed E-state index contributed by atoms with van der Waals surface area (Å²) < 4.78 is 4.50. The van der Waals surface area contributed by atoms with Gasteiger partial charge in [-0.15, -0.1) is 6.58 Å². The zero-order valence-corrected chi connectivity index (χ0v) is 8.90. The van der Waals surface area contributed by atoms with Crippen molar-refractivity contribution in [3.63, 3.8) is 0 Å². The van der Waals surface area contributed by atoms with Crippen molar-refractivity contribution >= 4 is 11.9 Å². The molecular weight excluding hydrogens is 208 g/mol. The maximum Gasteiger partial charge on any atom is 0.356 e. The molecule has 5 nitrogen and oxygen atoms in total. The number of carbonyl (C=O) groups is 2. The Balaban J connectivity index is 2.85.